The Hall–Kier alpha value is -3.65. The van der Waals surface area contributed by atoms with E-state index in [0.29, 0.717) is 0 Å². The van der Waals surface area contributed by atoms with Gasteiger partial charge in [0.25, 0.3) is 0 Å². The number of aliphatic carboxylic acids is 1. The number of benzene rings is 3. The van der Waals surface area contributed by atoms with Gasteiger partial charge >= 0.3 is 12.1 Å². The summed E-state index contributed by atoms with van der Waals surface area (Å²) in [6.45, 7) is 2.18. The number of ether oxygens (including phenoxy) is 1. The molecule has 0 radical (unpaired) electrons. The zero-order chi connectivity index (χ0) is 24.9. The van der Waals surface area contributed by atoms with Gasteiger partial charge in [0, 0.05) is 16.9 Å². The molecule has 3 aromatic carbocycles. The number of carboxylic acid groups (broad SMARTS) is 1. The fourth-order valence-electron chi connectivity index (χ4n) is 4.32. The maximum absolute atomic E-state index is 12.7. The van der Waals surface area contributed by atoms with Crippen LogP contribution in [0.2, 0.25) is 0 Å². The van der Waals surface area contributed by atoms with Crippen molar-refractivity contribution < 1.29 is 24.2 Å². The predicted octanol–water partition coefficient (Wildman–Crippen LogP) is 4.76. The van der Waals surface area contributed by atoms with E-state index in [-0.39, 0.29) is 19.1 Å². The van der Waals surface area contributed by atoms with Gasteiger partial charge in [-0.15, -0.1) is 0 Å². The van der Waals surface area contributed by atoms with E-state index in [1.165, 1.54) is 0 Å². The molecule has 1 aliphatic carbocycles. The third kappa shape index (κ3) is 5.54. The quantitative estimate of drug-likeness (QED) is 0.385. The molecule has 7 nitrogen and oxygen atoms in total. The zero-order valence-corrected chi connectivity index (χ0v) is 20.7. The highest BCUT2D eigenvalue weighted by molar-refractivity contribution is 9.10. The molecule has 0 bridgehead atoms. The van der Waals surface area contributed by atoms with Gasteiger partial charge in [-0.1, -0.05) is 76.6 Å². The van der Waals surface area contributed by atoms with Crippen molar-refractivity contribution in [2.24, 2.45) is 0 Å². The summed E-state index contributed by atoms with van der Waals surface area (Å²) in [4.78, 5) is 36.6. The second-order valence-electron chi connectivity index (χ2n) is 8.36. The van der Waals surface area contributed by atoms with Gasteiger partial charge in [0.2, 0.25) is 5.91 Å². The lowest BCUT2D eigenvalue weighted by Gasteiger charge is -2.19. The van der Waals surface area contributed by atoms with Crippen LogP contribution >= 0.6 is 15.9 Å². The highest BCUT2D eigenvalue weighted by Crippen LogP contribution is 2.44. The van der Waals surface area contributed by atoms with E-state index in [2.05, 4.69) is 26.6 Å². The standard InChI is InChI=1S/C27H25BrN2O5/c1-16-17(7-6-12-23(16)28)14-29-26(33)24(13-25(31)32)30-27(34)35-15-22-20-10-4-2-8-18(20)19-9-3-5-11-21(19)22/h2-12,22,24H,13-15H2,1H3,(H,29,33)(H,30,34)(H,31,32). The SMILES string of the molecule is Cc1c(Br)cccc1CNC(=O)C(CC(=O)O)NC(=O)OCC1c2ccccc2-c2ccccc21. The fourth-order valence-corrected chi connectivity index (χ4v) is 4.72. The van der Waals surface area contributed by atoms with Gasteiger partial charge in [-0.25, -0.2) is 4.79 Å². The van der Waals surface area contributed by atoms with Gasteiger partial charge < -0.3 is 20.5 Å². The van der Waals surface area contributed by atoms with Gasteiger partial charge in [0.05, 0.1) is 6.42 Å². The fraction of sp³-hybridized carbons (Fsp3) is 0.222. The average molecular weight is 537 g/mol. The highest BCUT2D eigenvalue weighted by atomic mass is 79.9. The van der Waals surface area contributed by atoms with Crippen LogP contribution in [-0.2, 0) is 20.9 Å². The number of hydrogen-bond acceptors (Lipinski definition) is 4. The summed E-state index contributed by atoms with van der Waals surface area (Å²) >= 11 is 3.45. The maximum Gasteiger partial charge on any atom is 0.407 e. The smallest absolute Gasteiger partial charge is 0.407 e. The molecule has 180 valence electrons. The van der Waals surface area contributed by atoms with E-state index < -0.39 is 30.4 Å². The second-order valence-corrected chi connectivity index (χ2v) is 9.22. The van der Waals surface area contributed by atoms with Crippen LogP contribution in [0, 0.1) is 6.92 Å². The normalized spacial score (nSPS) is 12.9. The number of nitrogens with one attached hydrogen (secondary N) is 2. The van der Waals surface area contributed by atoms with Crippen LogP contribution in [0.5, 0.6) is 0 Å². The van der Waals surface area contributed by atoms with Crippen molar-refractivity contribution in [3.8, 4) is 11.1 Å². The minimum Gasteiger partial charge on any atom is -0.481 e. The summed E-state index contributed by atoms with van der Waals surface area (Å²) in [5.74, 6) is -1.94. The van der Waals surface area contributed by atoms with Crippen LogP contribution in [0.25, 0.3) is 11.1 Å². The number of halogens is 1. The molecule has 0 aromatic heterocycles. The Morgan fingerprint density at radius 2 is 1.60 bits per heavy atom. The Morgan fingerprint density at radius 3 is 2.23 bits per heavy atom. The lowest BCUT2D eigenvalue weighted by molar-refractivity contribution is -0.139. The highest BCUT2D eigenvalue weighted by Gasteiger charge is 2.30. The first kappa shape index (κ1) is 24.5. The summed E-state index contributed by atoms with van der Waals surface area (Å²) in [6, 6.07) is 20.2. The third-order valence-electron chi connectivity index (χ3n) is 6.16. The average Bonchev–Trinajstić information content (AvgIpc) is 3.16. The Morgan fingerprint density at radius 1 is 0.971 bits per heavy atom. The number of carboxylic acids is 1. The van der Waals surface area contributed by atoms with E-state index in [1.807, 2.05) is 73.7 Å². The Labute approximate surface area is 211 Å². The maximum atomic E-state index is 12.7. The monoisotopic (exact) mass is 536 g/mol. The molecule has 0 spiro atoms. The van der Waals surface area contributed by atoms with Crippen LogP contribution in [0.4, 0.5) is 4.79 Å². The van der Waals surface area contributed by atoms with E-state index in [1.54, 1.807) is 0 Å². The first-order valence-corrected chi connectivity index (χ1v) is 12.0. The van der Waals surface area contributed by atoms with Crippen LogP contribution in [0.1, 0.15) is 34.6 Å². The molecule has 3 aromatic rings. The van der Waals surface area contributed by atoms with Gasteiger partial charge in [0.15, 0.2) is 0 Å². The summed E-state index contributed by atoms with van der Waals surface area (Å²) in [7, 11) is 0. The number of carbonyl (C=O) groups is 3. The van der Waals surface area contributed by atoms with Crippen molar-refractivity contribution in [2.45, 2.75) is 31.8 Å². The molecule has 1 atom stereocenters. The van der Waals surface area contributed by atoms with Crippen molar-refractivity contribution in [3.63, 3.8) is 0 Å². The second kappa shape index (κ2) is 10.7. The molecule has 4 rings (SSSR count). The van der Waals surface area contributed by atoms with Crippen LogP contribution < -0.4 is 10.6 Å². The number of rotatable bonds is 8. The van der Waals surface area contributed by atoms with Gasteiger partial charge in [-0.05, 0) is 46.4 Å². The number of carbonyl (C=O) groups excluding carboxylic acids is 2. The van der Waals surface area contributed by atoms with Crippen molar-refractivity contribution in [3.05, 3.63) is 93.5 Å². The Kier molecular flexibility index (Phi) is 7.51. The largest absolute Gasteiger partial charge is 0.481 e. The van der Waals surface area contributed by atoms with Crippen molar-refractivity contribution in [1.29, 1.82) is 0 Å². The van der Waals surface area contributed by atoms with Crippen LogP contribution in [-0.4, -0.2) is 35.7 Å². The van der Waals surface area contributed by atoms with Gasteiger partial charge in [-0.2, -0.15) is 0 Å². The summed E-state index contributed by atoms with van der Waals surface area (Å²) in [6.07, 6.45) is -1.40. The molecule has 35 heavy (non-hydrogen) atoms. The molecule has 0 saturated heterocycles. The van der Waals surface area contributed by atoms with Crippen molar-refractivity contribution in [2.75, 3.05) is 6.61 Å². The van der Waals surface area contributed by atoms with Crippen molar-refractivity contribution in [1.82, 2.24) is 10.6 Å². The summed E-state index contributed by atoms with van der Waals surface area (Å²) < 4.78 is 6.38. The first-order chi connectivity index (χ1) is 16.8. The van der Waals surface area contributed by atoms with E-state index >= 15 is 0 Å². The lowest BCUT2D eigenvalue weighted by atomic mass is 9.98. The molecule has 3 N–H and O–H groups in total. The number of fused-ring (bicyclic) bond motifs is 3. The number of amides is 2. The molecule has 1 aliphatic rings. The summed E-state index contributed by atoms with van der Waals surface area (Å²) in [5, 5.41) is 14.4. The lowest BCUT2D eigenvalue weighted by Crippen LogP contribution is -2.48. The molecule has 0 aliphatic heterocycles. The molecule has 1 unspecified atom stereocenters. The van der Waals surface area contributed by atoms with E-state index in [4.69, 9.17) is 4.74 Å². The zero-order valence-electron chi connectivity index (χ0n) is 19.1. The van der Waals surface area contributed by atoms with Crippen LogP contribution in [0.15, 0.2) is 71.2 Å². The Balaban J connectivity index is 1.39. The third-order valence-corrected chi connectivity index (χ3v) is 7.02. The van der Waals surface area contributed by atoms with Gasteiger partial charge in [0.1, 0.15) is 12.6 Å². The Bertz CT molecular complexity index is 1230. The predicted molar refractivity (Wildman–Crippen MR) is 135 cm³/mol. The van der Waals surface area contributed by atoms with Crippen molar-refractivity contribution >= 4 is 33.9 Å². The van der Waals surface area contributed by atoms with E-state index in [9.17, 15) is 19.5 Å². The van der Waals surface area contributed by atoms with E-state index in [0.717, 1.165) is 37.9 Å². The molecule has 0 heterocycles. The molecular formula is C27H25BrN2O5. The molecule has 8 heteroatoms. The minimum atomic E-state index is -1.27. The molecule has 0 saturated carbocycles. The number of alkyl carbamates (subject to hydrolysis) is 1. The molecular weight excluding hydrogens is 512 g/mol. The first-order valence-electron chi connectivity index (χ1n) is 11.2. The van der Waals surface area contributed by atoms with Crippen LogP contribution in [0.3, 0.4) is 0 Å². The minimum absolute atomic E-state index is 0.0680. The topological polar surface area (TPSA) is 105 Å². The molecule has 0 fully saturated rings. The summed E-state index contributed by atoms with van der Waals surface area (Å²) in [5.41, 5.74) is 6.16. The molecule has 2 amide bonds. The van der Waals surface area contributed by atoms with Gasteiger partial charge in [-0.3, -0.25) is 9.59 Å². The number of hydrogen-bond donors (Lipinski definition) is 3.